The molecule has 1 aliphatic carbocycles. The number of sulfonamides is 1. The van der Waals surface area contributed by atoms with Gasteiger partial charge in [0.1, 0.15) is 0 Å². The van der Waals surface area contributed by atoms with E-state index in [1.54, 1.807) is 12.1 Å². The number of para-hydroxylation sites is 1. The van der Waals surface area contributed by atoms with Crippen LogP contribution in [0.4, 0.5) is 11.4 Å². The highest BCUT2D eigenvalue weighted by molar-refractivity contribution is 7.93. The molecule has 1 aromatic heterocycles. The number of allylic oxidation sites excluding steroid dienone is 5. The molecule has 0 spiro atoms. The molecule has 0 fully saturated rings. The average Bonchev–Trinajstić information content (AvgIpc) is 3.56. The molecule has 0 amide bonds. The fourth-order valence-corrected chi connectivity index (χ4v) is 9.99. The summed E-state index contributed by atoms with van der Waals surface area (Å²) in [6.45, 7) is 0. The summed E-state index contributed by atoms with van der Waals surface area (Å²) in [6, 6.07) is 52.3. The van der Waals surface area contributed by atoms with Gasteiger partial charge in [-0.1, -0.05) is 127 Å². The summed E-state index contributed by atoms with van der Waals surface area (Å²) in [4.78, 5) is 0.288. The maximum Gasteiger partial charge on any atom is 0.269 e. The molecule has 7 heteroatoms. The summed E-state index contributed by atoms with van der Waals surface area (Å²) < 4.78 is 32.0. The Kier molecular flexibility index (Phi) is 7.47. The SMILES string of the molecule is CN(/C(=C1/C=CC=CC1=N)c1ccccc1)n1c2ccc(-c3ccc4c(c3)-c3ccccc3S(=O)(=O)N4c3ccccc3)cc2c2c3ccccc3ccc21. The Bertz CT molecular complexity index is 3090. The van der Waals surface area contributed by atoms with Gasteiger partial charge in [0.05, 0.1) is 38.7 Å². The molecule has 2 heterocycles. The molecule has 1 aliphatic heterocycles. The van der Waals surface area contributed by atoms with Crippen LogP contribution in [0.25, 0.3) is 60.5 Å². The first-order valence-electron chi connectivity index (χ1n) is 18.2. The minimum absolute atomic E-state index is 0.288. The largest absolute Gasteiger partial charge is 0.300 e. The van der Waals surface area contributed by atoms with E-state index in [2.05, 4.69) is 89.5 Å². The lowest BCUT2D eigenvalue weighted by Crippen LogP contribution is -2.30. The number of hydrogen-bond donors (Lipinski definition) is 1. The van der Waals surface area contributed by atoms with Gasteiger partial charge in [0, 0.05) is 40.1 Å². The van der Waals surface area contributed by atoms with Crippen LogP contribution < -0.4 is 9.31 Å². The Labute approximate surface area is 319 Å². The standard InChI is InChI=1S/C48H34N4O2S/c1-50(48(33-15-4-2-5-16-33)39-21-10-12-22-42(39)49)51-43-27-25-35(31-41(43)47-37-19-9-8-14-32(37)24-29-45(47)51)34-26-28-44-40(30-34)38-20-11-13-23-46(38)55(53,54)52(44)36-17-6-3-7-18-36/h2-31,49H,1H3/b48-39-,49-42?. The van der Waals surface area contributed by atoms with Crippen molar-refractivity contribution in [2.45, 2.75) is 4.90 Å². The topological polar surface area (TPSA) is 69.4 Å². The van der Waals surface area contributed by atoms with Gasteiger partial charge in [-0.15, -0.1) is 0 Å². The fourth-order valence-electron chi connectivity index (χ4n) is 8.27. The molecule has 8 aromatic rings. The Morgan fingerprint density at radius 1 is 0.618 bits per heavy atom. The highest BCUT2D eigenvalue weighted by atomic mass is 32.2. The Balaban J connectivity index is 1.21. The van der Waals surface area contributed by atoms with Crippen LogP contribution in [0.5, 0.6) is 0 Å². The first-order valence-corrected chi connectivity index (χ1v) is 19.6. The Morgan fingerprint density at radius 2 is 1.29 bits per heavy atom. The van der Waals surface area contributed by atoms with Crippen molar-refractivity contribution in [2.24, 2.45) is 0 Å². The third kappa shape index (κ3) is 5.08. The van der Waals surface area contributed by atoms with E-state index in [1.807, 2.05) is 97.1 Å². The molecule has 0 saturated carbocycles. The third-order valence-corrected chi connectivity index (χ3v) is 12.5. The average molecular weight is 731 g/mol. The summed E-state index contributed by atoms with van der Waals surface area (Å²) >= 11 is 0. The van der Waals surface area contributed by atoms with Gasteiger partial charge in [0.25, 0.3) is 10.0 Å². The first-order chi connectivity index (χ1) is 26.9. The van der Waals surface area contributed by atoms with E-state index < -0.39 is 10.0 Å². The number of fused-ring (bicyclic) bond motifs is 8. The van der Waals surface area contributed by atoms with Gasteiger partial charge in [-0.25, -0.2) is 12.7 Å². The van der Waals surface area contributed by atoms with Crippen molar-refractivity contribution < 1.29 is 8.42 Å². The molecule has 0 atom stereocenters. The van der Waals surface area contributed by atoms with Crippen LogP contribution in [0.1, 0.15) is 5.56 Å². The van der Waals surface area contributed by atoms with Crippen LogP contribution in [0.3, 0.4) is 0 Å². The number of nitrogens with zero attached hydrogens (tertiary/aromatic N) is 3. The van der Waals surface area contributed by atoms with Gasteiger partial charge in [0.15, 0.2) is 0 Å². The quantitative estimate of drug-likeness (QED) is 0.192. The summed E-state index contributed by atoms with van der Waals surface area (Å²) in [5.41, 5.74) is 10.1. The molecule has 0 bridgehead atoms. The molecule has 6 nitrogen and oxygen atoms in total. The minimum Gasteiger partial charge on any atom is -0.300 e. The number of rotatable bonds is 5. The molecular formula is C48H34N4O2S. The van der Waals surface area contributed by atoms with E-state index in [4.69, 9.17) is 5.41 Å². The van der Waals surface area contributed by atoms with Crippen molar-refractivity contribution in [3.8, 4) is 22.3 Å². The van der Waals surface area contributed by atoms with Crippen LogP contribution in [0, 0.1) is 5.41 Å². The Morgan fingerprint density at radius 3 is 2.11 bits per heavy atom. The lowest BCUT2D eigenvalue weighted by atomic mass is 9.95. The predicted molar refractivity (Wildman–Crippen MR) is 227 cm³/mol. The van der Waals surface area contributed by atoms with Crippen molar-refractivity contribution in [3.63, 3.8) is 0 Å². The highest BCUT2D eigenvalue weighted by Gasteiger charge is 2.36. The van der Waals surface area contributed by atoms with Crippen LogP contribution in [0.15, 0.2) is 192 Å². The van der Waals surface area contributed by atoms with Gasteiger partial charge < -0.3 is 5.41 Å². The lowest BCUT2D eigenvalue weighted by molar-refractivity contribution is 0.596. The van der Waals surface area contributed by atoms with Gasteiger partial charge in [-0.2, -0.15) is 0 Å². The minimum atomic E-state index is -3.84. The summed E-state index contributed by atoms with van der Waals surface area (Å²) in [6.07, 6.45) is 7.74. The molecule has 10 rings (SSSR count). The fraction of sp³-hybridized carbons (Fsp3) is 0.0208. The van der Waals surface area contributed by atoms with E-state index in [9.17, 15) is 8.42 Å². The van der Waals surface area contributed by atoms with Crippen molar-refractivity contribution in [2.75, 3.05) is 16.4 Å². The van der Waals surface area contributed by atoms with Gasteiger partial charge in [-0.3, -0.25) is 9.69 Å². The van der Waals surface area contributed by atoms with Crippen molar-refractivity contribution >= 4 is 65.4 Å². The second kappa shape index (κ2) is 12.6. The molecule has 2 aliphatic rings. The summed E-state index contributed by atoms with van der Waals surface area (Å²) in [7, 11) is -1.77. The summed E-state index contributed by atoms with van der Waals surface area (Å²) in [5.74, 6) is 0. The zero-order valence-electron chi connectivity index (χ0n) is 29.9. The van der Waals surface area contributed by atoms with E-state index >= 15 is 0 Å². The van der Waals surface area contributed by atoms with Crippen LogP contribution >= 0.6 is 0 Å². The second-order valence-corrected chi connectivity index (χ2v) is 15.6. The molecule has 264 valence electrons. The number of aromatic nitrogens is 1. The highest BCUT2D eigenvalue weighted by Crippen LogP contribution is 2.48. The number of nitrogens with one attached hydrogen (secondary N) is 1. The van der Waals surface area contributed by atoms with Crippen LogP contribution in [-0.2, 0) is 10.0 Å². The maximum atomic E-state index is 14.1. The van der Waals surface area contributed by atoms with E-state index in [1.165, 1.54) is 4.31 Å². The monoisotopic (exact) mass is 730 g/mol. The molecule has 0 saturated heterocycles. The zero-order chi connectivity index (χ0) is 37.3. The van der Waals surface area contributed by atoms with Crippen molar-refractivity contribution in [1.29, 1.82) is 5.41 Å². The molecule has 7 aromatic carbocycles. The van der Waals surface area contributed by atoms with Crippen molar-refractivity contribution in [1.82, 2.24) is 4.68 Å². The van der Waals surface area contributed by atoms with Gasteiger partial charge in [-0.05, 0) is 76.5 Å². The first kappa shape index (κ1) is 32.7. The van der Waals surface area contributed by atoms with Gasteiger partial charge >= 0.3 is 0 Å². The van der Waals surface area contributed by atoms with Crippen molar-refractivity contribution in [3.05, 3.63) is 193 Å². The lowest BCUT2D eigenvalue weighted by Gasteiger charge is -2.32. The van der Waals surface area contributed by atoms with E-state index in [0.29, 0.717) is 22.6 Å². The normalized spacial score (nSPS) is 15.4. The predicted octanol–water partition coefficient (Wildman–Crippen LogP) is 11.2. The Hall–Kier alpha value is -6.96. The summed E-state index contributed by atoms with van der Waals surface area (Å²) in [5, 5.41) is 15.6. The molecule has 55 heavy (non-hydrogen) atoms. The van der Waals surface area contributed by atoms with E-state index in [0.717, 1.165) is 66.1 Å². The second-order valence-electron chi connectivity index (χ2n) is 13.8. The third-order valence-electron chi connectivity index (χ3n) is 10.7. The number of hydrogen-bond acceptors (Lipinski definition) is 4. The van der Waals surface area contributed by atoms with Crippen LogP contribution in [-0.4, -0.2) is 25.9 Å². The molecule has 0 radical (unpaired) electrons. The smallest absolute Gasteiger partial charge is 0.269 e. The zero-order valence-corrected chi connectivity index (χ0v) is 30.7. The molecular weight excluding hydrogens is 697 g/mol. The van der Waals surface area contributed by atoms with E-state index in [-0.39, 0.29) is 4.90 Å². The van der Waals surface area contributed by atoms with Crippen LogP contribution in [0.2, 0.25) is 0 Å². The molecule has 0 unspecified atom stereocenters. The number of anilines is 2. The number of benzene rings is 7. The molecule has 1 N–H and O–H groups in total. The van der Waals surface area contributed by atoms with Gasteiger partial charge in [0.2, 0.25) is 0 Å². The maximum absolute atomic E-state index is 14.1.